The normalized spacial score (nSPS) is 15.3. The third kappa shape index (κ3) is 4.13. The van der Waals surface area contributed by atoms with E-state index in [0.717, 1.165) is 45.3 Å². The van der Waals surface area contributed by atoms with E-state index in [-0.39, 0.29) is 10.8 Å². The van der Waals surface area contributed by atoms with E-state index in [1.165, 1.54) is 22.3 Å². The summed E-state index contributed by atoms with van der Waals surface area (Å²) in [4.78, 5) is 16.4. The average Bonchev–Trinajstić information content (AvgIpc) is 3.09. The molecule has 0 aliphatic carbocycles. The van der Waals surface area contributed by atoms with Crippen molar-refractivity contribution >= 4 is 39.8 Å². The molecule has 0 N–H and O–H groups in total. The maximum Gasteiger partial charge on any atom is 0.108 e. The number of fused-ring (bicyclic) bond motifs is 4. The number of para-hydroxylation sites is 4. The molecule has 0 saturated carbocycles. The van der Waals surface area contributed by atoms with Crippen LogP contribution in [0.5, 0.6) is 0 Å². The van der Waals surface area contributed by atoms with Gasteiger partial charge in [-0.25, -0.2) is 0 Å². The third-order valence-corrected chi connectivity index (χ3v) is 9.98. The molecule has 0 atom stereocenters. The van der Waals surface area contributed by atoms with Crippen LogP contribution in [0.2, 0.25) is 0 Å². The van der Waals surface area contributed by atoms with Crippen LogP contribution >= 0.6 is 0 Å². The van der Waals surface area contributed by atoms with E-state index in [1.54, 1.807) is 6.07 Å². The second-order valence-corrected chi connectivity index (χ2v) is 13.4. The fourth-order valence-electron chi connectivity index (χ4n) is 7.66. The average molecular weight is 598 g/mol. The summed E-state index contributed by atoms with van der Waals surface area (Å²) in [7, 11) is 0. The molecule has 0 amide bonds. The van der Waals surface area contributed by atoms with Crippen LogP contribution in [0.1, 0.15) is 49.9 Å². The lowest BCUT2D eigenvalue weighted by atomic mass is 9.73. The van der Waals surface area contributed by atoms with E-state index >= 15 is 0 Å². The molecule has 6 aromatic rings. The summed E-state index contributed by atoms with van der Waals surface area (Å²) in [5.41, 5.74) is 13.9. The van der Waals surface area contributed by atoms with Gasteiger partial charge in [0.15, 0.2) is 0 Å². The lowest BCUT2D eigenvalue weighted by molar-refractivity contribution is 0.631. The number of nitroso groups, excluding NO2 is 1. The fourth-order valence-corrected chi connectivity index (χ4v) is 7.66. The first kappa shape index (κ1) is 28.0. The minimum Gasteiger partial charge on any atom is -0.310 e. The zero-order valence-electron chi connectivity index (χ0n) is 26.5. The van der Waals surface area contributed by atoms with Crippen molar-refractivity contribution < 1.29 is 0 Å². The second kappa shape index (κ2) is 10.3. The first-order valence-corrected chi connectivity index (χ1v) is 15.9. The molecule has 2 aliphatic rings. The maximum absolute atomic E-state index is 11.6. The molecule has 224 valence electrons. The Kier molecular flexibility index (Phi) is 6.26. The molecule has 2 aliphatic heterocycles. The summed E-state index contributed by atoms with van der Waals surface area (Å²) < 4.78 is 0. The molecule has 46 heavy (non-hydrogen) atoms. The number of rotatable bonds is 4. The molecular formula is C42H35N3O. The van der Waals surface area contributed by atoms with E-state index in [4.69, 9.17) is 0 Å². The van der Waals surface area contributed by atoms with E-state index in [0.29, 0.717) is 5.69 Å². The molecule has 0 unspecified atom stereocenters. The van der Waals surface area contributed by atoms with Crippen molar-refractivity contribution in [1.82, 2.24) is 0 Å². The zero-order valence-corrected chi connectivity index (χ0v) is 26.5. The van der Waals surface area contributed by atoms with Gasteiger partial charge in [-0.2, -0.15) is 0 Å². The summed E-state index contributed by atoms with van der Waals surface area (Å²) in [6.07, 6.45) is 0. The first-order chi connectivity index (χ1) is 22.3. The summed E-state index contributed by atoms with van der Waals surface area (Å²) in [6.45, 7) is 9.24. The quantitative estimate of drug-likeness (QED) is 0.190. The molecule has 0 saturated heterocycles. The van der Waals surface area contributed by atoms with Crippen molar-refractivity contribution in [2.45, 2.75) is 38.5 Å². The van der Waals surface area contributed by atoms with Crippen LogP contribution in [0.4, 0.5) is 39.8 Å². The minimum absolute atomic E-state index is 0.162. The Balaban J connectivity index is 1.44. The van der Waals surface area contributed by atoms with E-state index in [2.05, 4.69) is 164 Å². The number of hydrogen-bond donors (Lipinski definition) is 0. The van der Waals surface area contributed by atoms with Crippen LogP contribution in [0.25, 0.3) is 11.1 Å². The molecule has 0 radical (unpaired) electrons. The monoisotopic (exact) mass is 597 g/mol. The van der Waals surface area contributed by atoms with Crippen molar-refractivity contribution in [2.24, 2.45) is 5.18 Å². The van der Waals surface area contributed by atoms with Crippen molar-refractivity contribution in [3.05, 3.63) is 167 Å². The van der Waals surface area contributed by atoms with Gasteiger partial charge in [0.05, 0.1) is 22.7 Å². The van der Waals surface area contributed by atoms with Gasteiger partial charge in [-0.1, -0.05) is 113 Å². The highest BCUT2D eigenvalue weighted by Crippen LogP contribution is 2.55. The van der Waals surface area contributed by atoms with Crippen molar-refractivity contribution in [3.8, 4) is 11.1 Å². The molecule has 0 bridgehead atoms. The first-order valence-electron chi connectivity index (χ1n) is 15.9. The Labute approximate surface area is 270 Å². The largest absolute Gasteiger partial charge is 0.310 e. The maximum atomic E-state index is 11.6. The van der Waals surface area contributed by atoms with Gasteiger partial charge in [0.25, 0.3) is 0 Å². The molecule has 0 aromatic heterocycles. The van der Waals surface area contributed by atoms with Gasteiger partial charge in [0, 0.05) is 22.2 Å². The minimum atomic E-state index is -0.162. The topological polar surface area (TPSA) is 35.9 Å². The van der Waals surface area contributed by atoms with E-state index < -0.39 is 0 Å². The van der Waals surface area contributed by atoms with E-state index in [9.17, 15) is 4.91 Å². The fraction of sp³-hybridized carbons (Fsp3) is 0.143. The summed E-state index contributed by atoms with van der Waals surface area (Å²) in [6, 6.07) is 49.3. The van der Waals surface area contributed by atoms with Crippen LogP contribution in [0.15, 0.2) is 145 Å². The van der Waals surface area contributed by atoms with Crippen molar-refractivity contribution in [1.29, 1.82) is 0 Å². The number of hydrogen-bond acceptors (Lipinski definition) is 4. The molecule has 4 nitrogen and oxygen atoms in total. The molecule has 0 spiro atoms. The van der Waals surface area contributed by atoms with Gasteiger partial charge in [-0.05, 0) is 93.2 Å². The number of anilines is 6. The molecule has 0 fully saturated rings. The van der Waals surface area contributed by atoms with Crippen LogP contribution < -0.4 is 9.80 Å². The Bertz CT molecular complexity index is 1940. The molecule has 6 aromatic carbocycles. The van der Waals surface area contributed by atoms with Gasteiger partial charge < -0.3 is 9.80 Å². The summed E-state index contributed by atoms with van der Waals surface area (Å²) >= 11 is 0. The Morgan fingerprint density at radius 2 is 0.826 bits per heavy atom. The van der Waals surface area contributed by atoms with Crippen molar-refractivity contribution in [2.75, 3.05) is 9.80 Å². The molecule has 8 rings (SSSR count). The lowest BCUT2D eigenvalue weighted by Crippen LogP contribution is -2.31. The van der Waals surface area contributed by atoms with Crippen LogP contribution in [-0.2, 0) is 10.8 Å². The van der Waals surface area contributed by atoms with Crippen LogP contribution in [-0.4, -0.2) is 0 Å². The summed E-state index contributed by atoms with van der Waals surface area (Å²) in [5.74, 6) is 0. The SMILES string of the molecule is CC1(C)c2ccccc2N(c2cc(-c3cccc(N=O)c3)cc(N3c4ccccc4C(C)(C)c4ccccc43)c2)c2ccccc21. The van der Waals surface area contributed by atoms with Gasteiger partial charge in [0.2, 0.25) is 0 Å². The standard InChI is InChI=1S/C42H35N3O/c1-41(2)33-16-5-9-20-37(33)44(38-21-10-6-17-34(38)41)31-25-29(28-14-13-15-30(24-28)43-46)26-32(27-31)45-39-22-11-7-18-35(39)42(3,4)36-19-8-12-23-40(36)45/h5-27H,1-4H3. The van der Waals surface area contributed by atoms with Crippen molar-refractivity contribution in [3.63, 3.8) is 0 Å². The highest BCUT2D eigenvalue weighted by atomic mass is 16.3. The highest BCUT2D eigenvalue weighted by molar-refractivity contribution is 5.93. The Morgan fingerprint density at radius 3 is 1.22 bits per heavy atom. The predicted molar refractivity (Wildman–Crippen MR) is 191 cm³/mol. The zero-order chi connectivity index (χ0) is 31.6. The van der Waals surface area contributed by atoms with Gasteiger partial charge in [0.1, 0.15) is 5.69 Å². The Hall–Kier alpha value is -5.48. The van der Waals surface area contributed by atoms with Gasteiger partial charge in [-0.3, -0.25) is 0 Å². The molecular weight excluding hydrogens is 562 g/mol. The predicted octanol–water partition coefficient (Wildman–Crippen LogP) is 12.0. The van der Waals surface area contributed by atoms with E-state index in [1.807, 2.05) is 12.1 Å². The van der Waals surface area contributed by atoms with Gasteiger partial charge >= 0.3 is 0 Å². The smallest absolute Gasteiger partial charge is 0.108 e. The number of nitrogens with zero attached hydrogens (tertiary/aromatic N) is 3. The van der Waals surface area contributed by atoms with Gasteiger partial charge in [-0.15, -0.1) is 4.91 Å². The summed E-state index contributed by atoms with van der Waals surface area (Å²) in [5, 5.41) is 3.26. The second-order valence-electron chi connectivity index (χ2n) is 13.4. The van der Waals surface area contributed by atoms with Crippen LogP contribution in [0.3, 0.4) is 0 Å². The molecule has 2 heterocycles. The third-order valence-electron chi connectivity index (χ3n) is 9.98. The Morgan fingerprint density at radius 1 is 0.435 bits per heavy atom. The highest BCUT2D eigenvalue weighted by Gasteiger charge is 2.39. The number of benzene rings is 6. The molecule has 4 heteroatoms. The van der Waals surface area contributed by atoms with Crippen LogP contribution in [0, 0.1) is 4.91 Å². The lowest BCUT2D eigenvalue weighted by Gasteiger charge is -2.43.